The van der Waals surface area contributed by atoms with Crippen molar-refractivity contribution in [1.82, 2.24) is 0 Å². The molecule has 3 nitrogen and oxygen atoms in total. The maximum absolute atomic E-state index is 13.2. The fourth-order valence-corrected chi connectivity index (χ4v) is 1.11. The third-order valence-electron chi connectivity index (χ3n) is 2.05. The van der Waals surface area contributed by atoms with E-state index in [9.17, 15) is 35.5 Å². The van der Waals surface area contributed by atoms with E-state index < -0.39 is 42.1 Å². The molecule has 0 aliphatic rings. The number of ether oxygens (including phenoxy) is 1. The molecule has 0 aromatic heterocycles. The van der Waals surface area contributed by atoms with Gasteiger partial charge in [0.05, 0.1) is 0 Å². The minimum absolute atomic E-state index is 1.26. The van der Waals surface area contributed by atoms with Crippen LogP contribution in [0.1, 0.15) is 27.2 Å². The summed E-state index contributed by atoms with van der Waals surface area (Å²) >= 11 is 0. The molecule has 10 heteroatoms. The smallest absolute Gasteiger partial charge is 0.431 e. The van der Waals surface area contributed by atoms with Crippen molar-refractivity contribution in [3.63, 3.8) is 0 Å². The molecular formula is C10H13F7O3. The number of carbonyl (C=O) groups excluding carboxylic acids is 1. The van der Waals surface area contributed by atoms with E-state index in [4.69, 9.17) is 5.11 Å². The number of carbonyl (C=O) groups is 1. The molecule has 0 bridgehead atoms. The quantitative estimate of drug-likeness (QED) is 0.643. The Morgan fingerprint density at radius 2 is 1.35 bits per heavy atom. The molecule has 0 fully saturated rings. The summed E-state index contributed by atoms with van der Waals surface area (Å²) in [4.78, 5) is 11.1. The summed E-state index contributed by atoms with van der Waals surface area (Å²) in [6, 6.07) is 0. The summed E-state index contributed by atoms with van der Waals surface area (Å²) in [6.07, 6.45) is -18.1. The monoisotopic (exact) mass is 314 g/mol. The molecule has 1 N–H and O–H groups in total. The van der Waals surface area contributed by atoms with Crippen LogP contribution in [0, 0.1) is 0 Å². The minimum Gasteiger partial charge on any atom is -0.458 e. The second kappa shape index (κ2) is 5.38. The molecule has 0 aromatic rings. The summed E-state index contributed by atoms with van der Waals surface area (Å²) in [5, 5.41) is 9.03. The molecule has 0 radical (unpaired) electrons. The van der Waals surface area contributed by atoms with Crippen LogP contribution in [0.25, 0.3) is 0 Å². The number of aliphatic hydroxyl groups excluding tert-OH is 1. The third-order valence-corrected chi connectivity index (χ3v) is 2.05. The van der Waals surface area contributed by atoms with Crippen LogP contribution in [0.2, 0.25) is 0 Å². The van der Waals surface area contributed by atoms with E-state index in [1.54, 1.807) is 0 Å². The van der Waals surface area contributed by atoms with Gasteiger partial charge in [-0.05, 0) is 20.8 Å². The zero-order valence-electron chi connectivity index (χ0n) is 10.7. The summed E-state index contributed by atoms with van der Waals surface area (Å²) in [7, 11) is 0. The highest BCUT2D eigenvalue weighted by Gasteiger charge is 2.73. The van der Waals surface area contributed by atoms with E-state index >= 15 is 0 Å². The zero-order chi connectivity index (χ0) is 16.6. The van der Waals surface area contributed by atoms with Crippen molar-refractivity contribution in [3.05, 3.63) is 0 Å². The van der Waals surface area contributed by atoms with Crippen LogP contribution >= 0.6 is 0 Å². The Bertz CT molecular complexity index is 339. The van der Waals surface area contributed by atoms with Gasteiger partial charge in [-0.1, -0.05) is 0 Å². The number of halogens is 7. The van der Waals surface area contributed by atoms with Gasteiger partial charge in [0.1, 0.15) is 5.60 Å². The minimum atomic E-state index is -6.33. The summed E-state index contributed by atoms with van der Waals surface area (Å²) in [6.45, 7) is 3.81. The number of alkyl halides is 7. The van der Waals surface area contributed by atoms with Crippen molar-refractivity contribution in [2.45, 2.75) is 56.9 Å². The maximum Gasteiger partial charge on any atom is 0.431 e. The number of rotatable bonds is 3. The van der Waals surface area contributed by atoms with Crippen LogP contribution in [0.4, 0.5) is 30.7 Å². The predicted molar refractivity (Wildman–Crippen MR) is 52.4 cm³/mol. The molecule has 20 heavy (non-hydrogen) atoms. The van der Waals surface area contributed by atoms with Crippen molar-refractivity contribution < 1.29 is 45.4 Å². The van der Waals surface area contributed by atoms with E-state index in [-0.39, 0.29) is 0 Å². The molecule has 0 aliphatic heterocycles. The van der Waals surface area contributed by atoms with Crippen molar-refractivity contribution in [2.75, 3.05) is 0 Å². The lowest BCUT2D eigenvalue weighted by Gasteiger charge is -2.31. The van der Waals surface area contributed by atoms with Gasteiger partial charge >= 0.3 is 24.0 Å². The lowest BCUT2D eigenvalue weighted by atomic mass is 9.96. The standard InChI is InChI=1S/C10H13F7O3/c1-7(2,3)20-6(19)5(18)4-8(11,9(12,13)14)10(15,16)17/h5,18H,4H2,1-3H3. The van der Waals surface area contributed by atoms with Gasteiger partial charge in [0, 0.05) is 6.42 Å². The van der Waals surface area contributed by atoms with Gasteiger partial charge in [0.2, 0.25) is 0 Å². The van der Waals surface area contributed by atoms with E-state index in [0.717, 1.165) is 0 Å². The average Bonchev–Trinajstić information content (AvgIpc) is 2.10. The van der Waals surface area contributed by atoms with E-state index in [2.05, 4.69) is 4.74 Å². The fourth-order valence-electron chi connectivity index (χ4n) is 1.11. The molecule has 0 aliphatic carbocycles. The summed E-state index contributed by atoms with van der Waals surface area (Å²) < 4.78 is 90.8. The number of hydrogen-bond acceptors (Lipinski definition) is 3. The molecule has 0 saturated carbocycles. The Balaban J connectivity index is 5.18. The largest absolute Gasteiger partial charge is 0.458 e. The maximum atomic E-state index is 13.2. The van der Waals surface area contributed by atoms with Crippen LogP contribution < -0.4 is 0 Å². The normalized spacial score (nSPS) is 15.9. The molecule has 0 saturated heterocycles. The van der Waals surface area contributed by atoms with E-state index in [1.165, 1.54) is 20.8 Å². The van der Waals surface area contributed by atoms with Gasteiger partial charge in [-0.15, -0.1) is 0 Å². The Hall–Kier alpha value is -1.06. The highest BCUT2D eigenvalue weighted by Crippen LogP contribution is 2.49. The molecule has 120 valence electrons. The fraction of sp³-hybridized carbons (Fsp3) is 0.900. The first kappa shape index (κ1) is 18.9. The lowest BCUT2D eigenvalue weighted by Crippen LogP contribution is -2.56. The van der Waals surface area contributed by atoms with Crippen LogP contribution in [0.3, 0.4) is 0 Å². The lowest BCUT2D eigenvalue weighted by molar-refractivity contribution is -0.346. The SMILES string of the molecule is CC(C)(C)OC(=O)C(O)CC(F)(C(F)(F)F)C(F)(F)F. The van der Waals surface area contributed by atoms with Crippen molar-refractivity contribution in [2.24, 2.45) is 0 Å². The first-order valence-corrected chi connectivity index (χ1v) is 5.24. The van der Waals surface area contributed by atoms with Gasteiger partial charge in [-0.2, -0.15) is 26.3 Å². The van der Waals surface area contributed by atoms with Crippen molar-refractivity contribution >= 4 is 5.97 Å². The number of hydrogen-bond donors (Lipinski definition) is 1. The number of esters is 1. The molecule has 1 unspecified atom stereocenters. The molecule has 0 heterocycles. The van der Waals surface area contributed by atoms with Crippen LogP contribution in [-0.2, 0) is 9.53 Å². The molecule has 0 amide bonds. The molecular weight excluding hydrogens is 301 g/mol. The van der Waals surface area contributed by atoms with Crippen LogP contribution in [0.5, 0.6) is 0 Å². The first-order chi connectivity index (χ1) is 8.51. The van der Waals surface area contributed by atoms with Gasteiger partial charge in [-0.3, -0.25) is 0 Å². The first-order valence-electron chi connectivity index (χ1n) is 5.24. The third kappa shape index (κ3) is 4.50. The van der Waals surface area contributed by atoms with Gasteiger partial charge in [0.15, 0.2) is 6.10 Å². The summed E-state index contributed by atoms with van der Waals surface area (Å²) in [5.74, 6) is -1.77. The van der Waals surface area contributed by atoms with Gasteiger partial charge < -0.3 is 9.84 Å². The summed E-state index contributed by atoms with van der Waals surface area (Å²) in [5.41, 5.74) is -6.95. The molecule has 0 spiro atoms. The highest BCUT2D eigenvalue weighted by atomic mass is 19.4. The highest BCUT2D eigenvalue weighted by molar-refractivity contribution is 5.75. The van der Waals surface area contributed by atoms with Crippen LogP contribution in [0.15, 0.2) is 0 Å². The topological polar surface area (TPSA) is 46.5 Å². The van der Waals surface area contributed by atoms with Crippen molar-refractivity contribution in [1.29, 1.82) is 0 Å². The van der Waals surface area contributed by atoms with Gasteiger partial charge in [-0.25, -0.2) is 9.18 Å². The van der Waals surface area contributed by atoms with Crippen molar-refractivity contribution in [3.8, 4) is 0 Å². The van der Waals surface area contributed by atoms with E-state index in [1.807, 2.05) is 0 Å². The van der Waals surface area contributed by atoms with Crippen LogP contribution in [-0.4, -0.2) is 40.8 Å². The second-order valence-corrected chi connectivity index (χ2v) is 5.05. The van der Waals surface area contributed by atoms with Gasteiger partial charge in [0.25, 0.3) is 0 Å². The Morgan fingerprint density at radius 1 is 1.00 bits per heavy atom. The molecule has 0 rings (SSSR count). The Morgan fingerprint density at radius 3 is 1.60 bits per heavy atom. The second-order valence-electron chi connectivity index (χ2n) is 5.05. The molecule has 1 atom stereocenters. The predicted octanol–water partition coefficient (Wildman–Crippen LogP) is 2.91. The molecule has 0 aromatic carbocycles. The van der Waals surface area contributed by atoms with E-state index in [0.29, 0.717) is 0 Å². The zero-order valence-corrected chi connectivity index (χ0v) is 10.7. The number of aliphatic hydroxyl groups is 1. The Labute approximate surface area is 109 Å². The Kier molecular flexibility index (Phi) is 5.09. The average molecular weight is 314 g/mol.